The Morgan fingerprint density at radius 1 is 1.00 bits per heavy atom. The number of carbonyl (C=O) groups excluding carboxylic acids is 1. The molecule has 8 rings (SSSR count). The molecule has 2 fully saturated rings. The predicted molar refractivity (Wildman–Crippen MR) is 224 cm³/mol. The Morgan fingerprint density at radius 3 is 2.54 bits per heavy atom. The van der Waals surface area contributed by atoms with Gasteiger partial charge in [-0.1, -0.05) is 35.9 Å². The topological polar surface area (TPSA) is 134 Å². The summed E-state index contributed by atoms with van der Waals surface area (Å²) >= 11 is 7.96. The monoisotopic (exact) mass is 801 g/mol. The smallest absolute Gasteiger partial charge is 0.272 e. The minimum atomic E-state index is -0.194. The molecule has 3 aliphatic rings. The molecule has 1 amide bonds. The van der Waals surface area contributed by atoms with Crippen molar-refractivity contribution in [2.45, 2.75) is 104 Å². The molecule has 57 heavy (non-hydrogen) atoms. The lowest BCUT2D eigenvalue weighted by atomic mass is 9.91. The van der Waals surface area contributed by atoms with Gasteiger partial charge in [0, 0.05) is 41.2 Å². The molecule has 13 heteroatoms. The van der Waals surface area contributed by atoms with Crippen LogP contribution < -0.4 is 15.0 Å². The average Bonchev–Trinajstić information content (AvgIpc) is 3.71. The number of thiophene rings is 1. The Labute approximate surface area is 343 Å². The summed E-state index contributed by atoms with van der Waals surface area (Å²) in [5.74, 6) is 3.67. The molecule has 294 valence electrons. The number of amides is 1. The highest BCUT2D eigenvalue weighted by molar-refractivity contribution is 7.15. The number of carbonyl (C=O) groups is 1. The van der Waals surface area contributed by atoms with E-state index in [-0.39, 0.29) is 24.1 Å². The number of benzene rings is 2. The van der Waals surface area contributed by atoms with Crippen LogP contribution in [0, 0.1) is 38.0 Å². The standard InChI is InChI=1S/C44H48ClN9O2S/c1-26-28(3)57-44-40(26)41(47-27(2)42-52-49-29(4)54(42)44)32-12-10-30(11-13-32)7-5-8-31-9-6-22-53(25-31)39-21-20-38(50-51-39)43(55)48-34-15-18-35(19-16-34)56-36-17-14-33(24-46)37(45)23-36/h10-14,17,20-21,23,27,31,34-35H,5-9,15-16,18-19,22,25H2,1-4H3,(H,48,55)/t27-,31+,34?,35?/m0/s1. The Morgan fingerprint density at radius 2 is 1.81 bits per heavy atom. The van der Waals surface area contributed by atoms with Gasteiger partial charge in [0.25, 0.3) is 5.91 Å². The van der Waals surface area contributed by atoms with Gasteiger partial charge in [-0.25, -0.2) is 0 Å². The van der Waals surface area contributed by atoms with Crippen molar-refractivity contribution in [3.8, 4) is 16.8 Å². The third-order valence-corrected chi connectivity index (χ3v) is 13.3. The van der Waals surface area contributed by atoms with Crippen LogP contribution in [-0.4, -0.2) is 61.8 Å². The second-order valence-corrected chi connectivity index (χ2v) is 17.3. The van der Waals surface area contributed by atoms with Crippen LogP contribution in [0.4, 0.5) is 5.82 Å². The third kappa shape index (κ3) is 8.32. The van der Waals surface area contributed by atoms with Crippen LogP contribution in [-0.2, 0) is 6.42 Å². The van der Waals surface area contributed by atoms with Crippen molar-refractivity contribution in [2.24, 2.45) is 10.9 Å². The summed E-state index contributed by atoms with van der Waals surface area (Å²) in [5, 5.41) is 31.5. The Bertz CT molecular complexity index is 2320. The van der Waals surface area contributed by atoms with E-state index in [4.69, 9.17) is 26.6 Å². The number of ether oxygens (including phenoxy) is 1. The number of aromatic nitrogens is 5. The normalized spacial score (nSPS) is 20.5. The number of halogens is 1. The molecule has 1 saturated heterocycles. The van der Waals surface area contributed by atoms with E-state index in [1.807, 2.05) is 13.0 Å². The van der Waals surface area contributed by atoms with Crippen LogP contribution in [0.1, 0.15) is 119 Å². The number of nitriles is 1. The number of rotatable bonds is 10. The number of hydrogen-bond acceptors (Lipinski definition) is 10. The van der Waals surface area contributed by atoms with Crippen molar-refractivity contribution < 1.29 is 9.53 Å². The van der Waals surface area contributed by atoms with Crippen LogP contribution >= 0.6 is 22.9 Å². The highest BCUT2D eigenvalue weighted by Crippen LogP contribution is 2.39. The molecule has 0 radical (unpaired) electrons. The number of nitrogens with zero attached hydrogens (tertiary/aromatic N) is 8. The van der Waals surface area contributed by atoms with E-state index in [9.17, 15) is 4.79 Å². The molecule has 1 aliphatic carbocycles. The van der Waals surface area contributed by atoms with Crippen LogP contribution in [0.2, 0.25) is 5.02 Å². The maximum absolute atomic E-state index is 13.1. The molecule has 1 N–H and O–H groups in total. The SMILES string of the molecule is Cc1sc2c(c1C)C(c1ccc(CCC[C@@H]3CCCN(c4ccc(C(=O)NC5CCC(Oc6ccc(C#N)c(Cl)c6)CC5)nn4)C3)cc1)=N[C@@H](C)c1nnc(C)n1-2. The maximum Gasteiger partial charge on any atom is 0.272 e. The highest BCUT2D eigenvalue weighted by atomic mass is 35.5. The number of nitrogens with one attached hydrogen (secondary N) is 1. The van der Waals surface area contributed by atoms with Gasteiger partial charge in [0.1, 0.15) is 28.7 Å². The lowest BCUT2D eigenvalue weighted by Gasteiger charge is -2.33. The molecule has 3 aromatic heterocycles. The lowest BCUT2D eigenvalue weighted by molar-refractivity contribution is 0.0888. The van der Waals surface area contributed by atoms with E-state index < -0.39 is 0 Å². The first-order chi connectivity index (χ1) is 27.6. The number of aliphatic imine (C=N–C) groups is 1. The Kier molecular flexibility index (Phi) is 11.4. The first-order valence-corrected chi connectivity index (χ1v) is 21.3. The number of hydrogen-bond donors (Lipinski definition) is 1. The summed E-state index contributed by atoms with van der Waals surface area (Å²) in [6.07, 6.45) is 8.93. The number of piperidine rings is 1. The summed E-state index contributed by atoms with van der Waals surface area (Å²) in [4.78, 5) is 21.9. The summed E-state index contributed by atoms with van der Waals surface area (Å²) in [7, 11) is 0. The molecule has 2 aromatic carbocycles. The minimum absolute atomic E-state index is 0.0397. The van der Waals surface area contributed by atoms with Gasteiger partial charge < -0.3 is 15.0 Å². The van der Waals surface area contributed by atoms with Crippen molar-refractivity contribution in [1.82, 2.24) is 30.3 Å². The number of fused-ring (bicyclic) bond motifs is 3. The van der Waals surface area contributed by atoms with Gasteiger partial charge in [-0.15, -0.1) is 31.7 Å². The minimum Gasteiger partial charge on any atom is -0.490 e. The lowest BCUT2D eigenvalue weighted by Crippen LogP contribution is -2.40. The van der Waals surface area contributed by atoms with Gasteiger partial charge in [-0.05, 0) is 127 Å². The van der Waals surface area contributed by atoms with Gasteiger partial charge in [0.15, 0.2) is 17.3 Å². The van der Waals surface area contributed by atoms with E-state index in [0.717, 1.165) is 98.2 Å². The van der Waals surface area contributed by atoms with E-state index in [2.05, 4.69) is 86.3 Å². The molecule has 5 aromatic rings. The molecule has 0 unspecified atom stereocenters. The summed E-state index contributed by atoms with van der Waals surface area (Å²) in [6.45, 7) is 10.4. The zero-order chi connectivity index (χ0) is 39.6. The van der Waals surface area contributed by atoms with Crippen LogP contribution in [0.25, 0.3) is 5.00 Å². The zero-order valence-corrected chi connectivity index (χ0v) is 34.5. The van der Waals surface area contributed by atoms with Crippen molar-refractivity contribution >= 4 is 40.4 Å². The molecular formula is C44H48ClN9O2S. The molecule has 2 atom stereocenters. The van der Waals surface area contributed by atoms with Crippen molar-refractivity contribution in [1.29, 1.82) is 5.26 Å². The van der Waals surface area contributed by atoms with Crippen LogP contribution in [0.5, 0.6) is 5.75 Å². The van der Waals surface area contributed by atoms with Gasteiger partial charge >= 0.3 is 0 Å². The average molecular weight is 802 g/mol. The van der Waals surface area contributed by atoms with Gasteiger partial charge in [0.05, 0.1) is 22.4 Å². The third-order valence-electron chi connectivity index (χ3n) is 11.8. The maximum atomic E-state index is 13.1. The molecule has 11 nitrogen and oxygen atoms in total. The first kappa shape index (κ1) is 38.7. The summed E-state index contributed by atoms with van der Waals surface area (Å²) < 4.78 is 8.29. The van der Waals surface area contributed by atoms with Gasteiger partial charge in [-0.2, -0.15) is 5.26 Å². The Hall–Kier alpha value is -5.12. The van der Waals surface area contributed by atoms with E-state index in [1.165, 1.54) is 28.0 Å². The van der Waals surface area contributed by atoms with Crippen LogP contribution in [0.15, 0.2) is 59.6 Å². The molecular weight excluding hydrogens is 754 g/mol. The fraction of sp³-hybridized carbons (Fsp3) is 0.432. The quantitative estimate of drug-likeness (QED) is 0.148. The fourth-order valence-corrected chi connectivity index (χ4v) is 9.89. The second-order valence-electron chi connectivity index (χ2n) is 15.7. The Balaban J connectivity index is 0.806. The molecule has 1 saturated carbocycles. The number of anilines is 1. The summed E-state index contributed by atoms with van der Waals surface area (Å²) in [6, 6.07) is 19.9. The zero-order valence-electron chi connectivity index (χ0n) is 33.0. The van der Waals surface area contributed by atoms with Crippen molar-refractivity contribution in [3.05, 3.63) is 110 Å². The van der Waals surface area contributed by atoms with E-state index in [0.29, 0.717) is 27.9 Å². The van der Waals surface area contributed by atoms with Crippen molar-refractivity contribution in [3.63, 3.8) is 0 Å². The first-order valence-electron chi connectivity index (χ1n) is 20.1. The predicted octanol–water partition coefficient (Wildman–Crippen LogP) is 8.84. The van der Waals surface area contributed by atoms with E-state index >= 15 is 0 Å². The van der Waals surface area contributed by atoms with Gasteiger partial charge in [0.2, 0.25) is 0 Å². The molecule has 5 heterocycles. The molecule has 2 aliphatic heterocycles. The number of aryl methyl sites for hydroxylation is 3. The summed E-state index contributed by atoms with van der Waals surface area (Å²) in [5.41, 5.74) is 6.74. The fourth-order valence-electron chi connectivity index (χ4n) is 8.46. The molecule has 0 spiro atoms. The highest BCUT2D eigenvalue weighted by Gasteiger charge is 2.30. The van der Waals surface area contributed by atoms with E-state index in [1.54, 1.807) is 35.6 Å². The van der Waals surface area contributed by atoms with Crippen molar-refractivity contribution in [2.75, 3.05) is 18.0 Å². The molecule has 0 bridgehead atoms. The largest absolute Gasteiger partial charge is 0.490 e. The second kappa shape index (κ2) is 16.8. The van der Waals surface area contributed by atoms with Crippen LogP contribution in [0.3, 0.4) is 0 Å². The van der Waals surface area contributed by atoms with Gasteiger partial charge in [-0.3, -0.25) is 14.4 Å².